The lowest BCUT2D eigenvalue weighted by Crippen LogP contribution is -2.42. The molecule has 2 aliphatic heterocycles. The van der Waals surface area contributed by atoms with E-state index in [1.807, 2.05) is 11.8 Å². The van der Waals surface area contributed by atoms with Gasteiger partial charge >= 0.3 is 5.97 Å². The Hall–Kier alpha value is -3.65. The lowest BCUT2D eigenvalue weighted by molar-refractivity contribution is -0.120. The van der Waals surface area contributed by atoms with E-state index in [2.05, 4.69) is 5.32 Å². The number of nitrogens with one attached hydrogen (secondary N) is 1. The molecule has 1 fully saturated rings. The van der Waals surface area contributed by atoms with Gasteiger partial charge in [-0.1, -0.05) is 17.7 Å². The lowest BCUT2D eigenvalue weighted by atomic mass is 10.0. The van der Waals surface area contributed by atoms with E-state index in [1.54, 1.807) is 31.2 Å². The average Bonchev–Trinajstić information content (AvgIpc) is 3.07. The predicted octanol–water partition coefficient (Wildman–Crippen LogP) is 4.31. The first-order valence-corrected chi connectivity index (χ1v) is 11.9. The number of halogens is 1. The Labute approximate surface area is 208 Å². The van der Waals surface area contributed by atoms with Crippen LogP contribution in [0.5, 0.6) is 0 Å². The van der Waals surface area contributed by atoms with Crippen molar-refractivity contribution >= 4 is 46.7 Å². The summed E-state index contributed by atoms with van der Waals surface area (Å²) in [5, 5.41) is 2.66. The number of amides is 3. The van der Waals surface area contributed by atoms with Gasteiger partial charge in [0.15, 0.2) is 0 Å². The Balaban J connectivity index is 1.52. The Bertz CT molecular complexity index is 1210. The zero-order valence-corrected chi connectivity index (χ0v) is 20.3. The van der Waals surface area contributed by atoms with Gasteiger partial charge in [-0.25, -0.2) is 9.69 Å². The molecule has 2 aliphatic rings. The van der Waals surface area contributed by atoms with Gasteiger partial charge in [-0.3, -0.25) is 14.4 Å². The summed E-state index contributed by atoms with van der Waals surface area (Å²) in [4.78, 5) is 53.6. The number of imide groups is 1. The molecule has 0 aliphatic carbocycles. The number of carbonyl (C=O) groups excluding carboxylic acids is 4. The molecule has 2 heterocycles. The zero-order valence-electron chi connectivity index (χ0n) is 19.5. The Morgan fingerprint density at radius 2 is 1.80 bits per heavy atom. The van der Waals surface area contributed by atoms with Crippen LogP contribution in [-0.2, 0) is 14.3 Å². The van der Waals surface area contributed by atoms with Gasteiger partial charge in [0.05, 0.1) is 17.9 Å². The minimum Gasteiger partial charge on any atom is -0.462 e. The number of carbonyl (C=O) groups is 4. The number of nitrogens with zero attached hydrogens (tertiary/aromatic N) is 2. The quantitative estimate of drug-likeness (QED) is 0.474. The minimum atomic E-state index is -0.683. The molecule has 0 spiro atoms. The highest BCUT2D eigenvalue weighted by Crippen LogP contribution is 2.31. The van der Waals surface area contributed by atoms with Gasteiger partial charge < -0.3 is 15.0 Å². The predicted molar refractivity (Wildman–Crippen MR) is 132 cm³/mol. The van der Waals surface area contributed by atoms with E-state index in [9.17, 15) is 19.2 Å². The molecule has 2 aromatic carbocycles. The molecular weight excluding hydrogens is 470 g/mol. The number of esters is 1. The molecule has 0 radical (unpaired) electrons. The van der Waals surface area contributed by atoms with E-state index in [1.165, 1.54) is 24.3 Å². The Kier molecular flexibility index (Phi) is 7.21. The van der Waals surface area contributed by atoms with Crippen LogP contribution in [-0.4, -0.2) is 47.8 Å². The molecule has 3 amide bonds. The molecule has 1 N–H and O–H groups in total. The van der Waals surface area contributed by atoms with E-state index >= 15 is 0 Å². The number of benzene rings is 2. The fourth-order valence-electron chi connectivity index (χ4n) is 4.25. The van der Waals surface area contributed by atoms with Gasteiger partial charge in [-0.2, -0.15) is 0 Å². The first-order valence-electron chi connectivity index (χ1n) is 11.6. The van der Waals surface area contributed by atoms with E-state index in [4.69, 9.17) is 16.3 Å². The van der Waals surface area contributed by atoms with Crippen molar-refractivity contribution in [3.8, 4) is 0 Å². The first kappa shape index (κ1) is 24.5. The molecule has 0 bridgehead atoms. The smallest absolute Gasteiger partial charge is 0.338 e. The second kappa shape index (κ2) is 10.3. The van der Waals surface area contributed by atoms with Crippen LogP contribution in [0, 0.1) is 0 Å². The van der Waals surface area contributed by atoms with Crippen LogP contribution in [0.4, 0.5) is 11.4 Å². The second-order valence-electron chi connectivity index (χ2n) is 8.45. The van der Waals surface area contributed by atoms with Crippen LogP contribution < -0.4 is 10.2 Å². The SMILES string of the molecule is CCOC(=O)c1ccc(N2C(=O)C(Cl)=C(Nc3cccc(C(=O)N4CCCCC4C)c3)C2=O)cc1. The van der Waals surface area contributed by atoms with E-state index < -0.39 is 17.8 Å². The van der Waals surface area contributed by atoms with Gasteiger partial charge in [-0.05, 0) is 75.6 Å². The lowest BCUT2D eigenvalue weighted by Gasteiger charge is -2.33. The van der Waals surface area contributed by atoms with E-state index in [-0.39, 0.29) is 35.0 Å². The zero-order chi connectivity index (χ0) is 25.1. The summed E-state index contributed by atoms with van der Waals surface area (Å²) in [5.41, 5.74) is 1.45. The highest BCUT2D eigenvalue weighted by Gasteiger charge is 2.39. The van der Waals surface area contributed by atoms with Gasteiger partial charge in [0, 0.05) is 23.8 Å². The Morgan fingerprint density at radius 3 is 2.49 bits per heavy atom. The molecule has 182 valence electrons. The molecule has 1 saturated heterocycles. The first-order chi connectivity index (χ1) is 16.8. The molecule has 4 rings (SSSR count). The van der Waals surface area contributed by atoms with Crippen molar-refractivity contribution in [1.82, 2.24) is 4.90 Å². The molecule has 8 nitrogen and oxygen atoms in total. The van der Waals surface area contributed by atoms with Gasteiger partial charge in [0.25, 0.3) is 17.7 Å². The second-order valence-corrected chi connectivity index (χ2v) is 8.83. The third-order valence-corrected chi connectivity index (χ3v) is 6.46. The summed E-state index contributed by atoms with van der Waals surface area (Å²) in [5.74, 6) is -1.88. The van der Waals surface area contributed by atoms with Crippen molar-refractivity contribution in [2.75, 3.05) is 23.4 Å². The maximum atomic E-state index is 13.1. The van der Waals surface area contributed by atoms with Crippen LogP contribution >= 0.6 is 11.6 Å². The molecule has 0 saturated carbocycles. The summed E-state index contributed by atoms with van der Waals surface area (Å²) in [7, 11) is 0. The van der Waals surface area contributed by atoms with Crippen LogP contribution in [0.1, 0.15) is 53.8 Å². The summed E-state index contributed by atoms with van der Waals surface area (Å²) >= 11 is 6.24. The topological polar surface area (TPSA) is 96.0 Å². The van der Waals surface area contributed by atoms with Crippen molar-refractivity contribution < 1.29 is 23.9 Å². The minimum absolute atomic E-state index is 0.0712. The highest BCUT2D eigenvalue weighted by molar-refractivity contribution is 6.53. The molecule has 2 aromatic rings. The molecule has 1 unspecified atom stereocenters. The standard InChI is InChI=1S/C26H26ClN3O5/c1-3-35-26(34)17-10-12-20(13-11-17)30-24(32)21(27)22(25(30)33)28-19-9-6-8-18(15-19)23(31)29-14-5-4-7-16(29)2/h6,8-13,15-16,28H,3-5,7,14H2,1-2H3. The molecule has 35 heavy (non-hydrogen) atoms. The molecule has 9 heteroatoms. The summed E-state index contributed by atoms with van der Waals surface area (Å²) < 4.78 is 4.95. The number of rotatable bonds is 6. The van der Waals surface area contributed by atoms with Gasteiger partial charge in [0.2, 0.25) is 0 Å². The van der Waals surface area contributed by atoms with Crippen LogP contribution in [0.3, 0.4) is 0 Å². The normalized spacial score (nSPS) is 18.2. The third kappa shape index (κ3) is 4.93. The van der Waals surface area contributed by atoms with Crippen molar-refractivity contribution in [2.45, 2.75) is 39.2 Å². The number of anilines is 2. The number of ether oxygens (including phenoxy) is 1. The average molecular weight is 496 g/mol. The van der Waals surface area contributed by atoms with Gasteiger partial charge in [0.1, 0.15) is 10.7 Å². The third-order valence-electron chi connectivity index (χ3n) is 6.11. The van der Waals surface area contributed by atoms with Crippen molar-refractivity contribution in [3.05, 3.63) is 70.4 Å². The van der Waals surface area contributed by atoms with Crippen molar-refractivity contribution in [2.24, 2.45) is 0 Å². The largest absolute Gasteiger partial charge is 0.462 e. The number of piperidine rings is 1. The van der Waals surface area contributed by atoms with E-state index in [0.717, 1.165) is 24.2 Å². The maximum Gasteiger partial charge on any atom is 0.338 e. The summed E-state index contributed by atoms with van der Waals surface area (Å²) in [6.45, 7) is 4.70. The number of hydrogen-bond acceptors (Lipinski definition) is 6. The fourth-order valence-corrected chi connectivity index (χ4v) is 4.46. The summed E-state index contributed by atoms with van der Waals surface area (Å²) in [6, 6.07) is 12.9. The number of hydrogen-bond donors (Lipinski definition) is 1. The molecule has 1 atom stereocenters. The number of likely N-dealkylation sites (tertiary alicyclic amines) is 1. The van der Waals surface area contributed by atoms with Crippen LogP contribution in [0.25, 0.3) is 0 Å². The Morgan fingerprint density at radius 1 is 1.06 bits per heavy atom. The van der Waals surface area contributed by atoms with Crippen LogP contribution in [0.2, 0.25) is 0 Å². The van der Waals surface area contributed by atoms with Gasteiger partial charge in [-0.15, -0.1) is 0 Å². The molecular formula is C26H26ClN3O5. The van der Waals surface area contributed by atoms with Crippen LogP contribution in [0.15, 0.2) is 59.3 Å². The summed E-state index contributed by atoms with van der Waals surface area (Å²) in [6.07, 6.45) is 3.06. The highest BCUT2D eigenvalue weighted by atomic mass is 35.5. The monoisotopic (exact) mass is 495 g/mol. The van der Waals surface area contributed by atoms with Crippen molar-refractivity contribution in [1.29, 1.82) is 0 Å². The van der Waals surface area contributed by atoms with E-state index in [0.29, 0.717) is 23.4 Å². The van der Waals surface area contributed by atoms with Crippen molar-refractivity contribution in [3.63, 3.8) is 0 Å². The maximum absolute atomic E-state index is 13.1. The fraction of sp³-hybridized carbons (Fsp3) is 0.308. The molecule has 0 aromatic heterocycles.